The highest BCUT2D eigenvalue weighted by molar-refractivity contribution is 6.17. The Balaban J connectivity index is 3.08. The Morgan fingerprint density at radius 3 is 1.33 bits per heavy atom. The molecule has 1 nitrogen and oxygen atoms in total. The molecular formula is C22H43ClO. The van der Waals surface area contributed by atoms with Gasteiger partial charge in [-0.15, -0.1) is 11.6 Å². The van der Waals surface area contributed by atoms with E-state index in [4.69, 9.17) is 11.6 Å². The molecule has 1 unspecified atom stereocenters. The predicted octanol–water partition coefficient (Wildman–Crippen LogP) is 8.08. The predicted molar refractivity (Wildman–Crippen MR) is 109 cm³/mol. The van der Waals surface area contributed by atoms with Crippen LogP contribution >= 0.6 is 11.6 Å². The second-order valence-electron chi connectivity index (χ2n) is 7.47. The van der Waals surface area contributed by atoms with Crippen LogP contribution in [0, 0.1) is 5.92 Å². The molecule has 0 bridgehead atoms. The summed E-state index contributed by atoms with van der Waals surface area (Å²) in [5.41, 5.74) is 0. The Labute approximate surface area is 157 Å². The summed E-state index contributed by atoms with van der Waals surface area (Å²) in [6, 6.07) is 0. The summed E-state index contributed by atoms with van der Waals surface area (Å²) in [6.45, 7) is 2.28. The Bertz CT molecular complexity index is 242. The van der Waals surface area contributed by atoms with E-state index in [-0.39, 0.29) is 5.92 Å². The molecule has 0 saturated carbocycles. The highest BCUT2D eigenvalue weighted by Crippen LogP contribution is 2.16. The zero-order valence-corrected chi connectivity index (χ0v) is 17.1. The van der Waals surface area contributed by atoms with Crippen molar-refractivity contribution >= 4 is 17.9 Å². The Hall–Kier alpha value is -0.0400. The van der Waals surface area contributed by atoms with Crippen LogP contribution in [0.25, 0.3) is 0 Å². The highest BCUT2D eigenvalue weighted by Gasteiger charge is 2.05. The maximum absolute atomic E-state index is 10.8. The quantitative estimate of drug-likeness (QED) is 0.122. The maximum atomic E-state index is 10.8. The number of aldehydes is 1. The summed E-state index contributed by atoms with van der Waals surface area (Å²) >= 11 is 5.69. The Morgan fingerprint density at radius 2 is 1.00 bits per heavy atom. The van der Waals surface area contributed by atoms with Crippen molar-refractivity contribution in [2.75, 3.05) is 5.88 Å². The van der Waals surface area contributed by atoms with E-state index in [1.807, 2.05) is 0 Å². The monoisotopic (exact) mass is 358 g/mol. The van der Waals surface area contributed by atoms with Crippen LogP contribution in [0.15, 0.2) is 0 Å². The molecule has 0 aromatic carbocycles. The molecule has 0 radical (unpaired) electrons. The van der Waals surface area contributed by atoms with Gasteiger partial charge < -0.3 is 4.79 Å². The van der Waals surface area contributed by atoms with E-state index in [0.717, 1.165) is 19.1 Å². The average Bonchev–Trinajstić information content (AvgIpc) is 2.60. The molecule has 0 heterocycles. The zero-order valence-electron chi connectivity index (χ0n) is 16.4. The average molecular weight is 359 g/mol. The van der Waals surface area contributed by atoms with Gasteiger partial charge in [0.2, 0.25) is 0 Å². The first-order chi connectivity index (χ1) is 11.8. The highest BCUT2D eigenvalue weighted by atomic mass is 35.5. The van der Waals surface area contributed by atoms with Gasteiger partial charge in [0.1, 0.15) is 6.29 Å². The van der Waals surface area contributed by atoms with E-state index < -0.39 is 0 Å². The third kappa shape index (κ3) is 18.3. The van der Waals surface area contributed by atoms with Crippen LogP contribution in [0.1, 0.15) is 122 Å². The molecule has 0 aromatic heterocycles. The molecule has 0 amide bonds. The maximum Gasteiger partial charge on any atom is 0.123 e. The van der Waals surface area contributed by atoms with E-state index in [1.165, 1.54) is 103 Å². The minimum Gasteiger partial charge on any atom is -0.303 e. The lowest BCUT2D eigenvalue weighted by molar-refractivity contribution is -0.111. The third-order valence-corrected chi connectivity index (χ3v) is 5.32. The largest absolute Gasteiger partial charge is 0.303 e. The number of rotatable bonds is 20. The summed E-state index contributed by atoms with van der Waals surface area (Å²) in [4.78, 5) is 10.8. The van der Waals surface area contributed by atoms with Gasteiger partial charge in [0.05, 0.1) is 0 Å². The lowest BCUT2D eigenvalue weighted by Gasteiger charge is -2.07. The molecular weight excluding hydrogens is 316 g/mol. The van der Waals surface area contributed by atoms with Gasteiger partial charge >= 0.3 is 0 Å². The first-order valence-electron chi connectivity index (χ1n) is 10.9. The van der Waals surface area contributed by atoms with Crippen molar-refractivity contribution in [2.45, 2.75) is 122 Å². The van der Waals surface area contributed by atoms with Gasteiger partial charge in [-0.05, 0) is 12.8 Å². The van der Waals surface area contributed by atoms with Crippen molar-refractivity contribution in [1.82, 2.24) is 0 Å². The van der Waals surface area contributed by atoms with Gasteiger partial charge in [0.25, 0.3) is 0 Å². The van der Waals surface area contributed by atoms with E-state index in [1.54, 1.807) is 0 Å². The SMILES string of the molecule is CCCCCCCCCCCCCCCCCCC(C=O)CCCl. The first-order valence-corrected chi connectivity index (χ1v) is 11.4. The normalized spacial score (nSPS) is 12.4. The van der Waals surface area contributed by atoms with Crippen LogP contribution in [0.4, 0.5) is 0 Å². The van der Waals surface area contributed by atoms with Gasteiger partial charge in [-0.25, -0.2) is 0 Å². The number of hydrogen-bond donors (Lipinski definition) is 0. The summed E-state index contributed by atoms with van der Waals surface area (Å²) in [7, 11) is 0. The van der Waals surface area contributed by atoms with Crippen molar-refractivity contribution in [2.24, 2.45) is 5.92 Å². The van der Waals surface area contributed by atoms with E-state index in [9.17, 15) is 4.79 Å². The van der Waals surface area contributed by atoms with Crippen molar-refractivity contribution in [3.05, 3.63) is 0 Å². The van der Waals surface area contributed by atoms with Crippen LogP contribution in [-0.4, -0.2) is 12.2 Å². The fourth-order valence-electron chi connectivity index (χ4n) is 3.38. The second-order valence-corrected chi connectivity index (χ2v) is 7.84. The van der Waals surface area contributed by atoms with Crippen LogP contribution in [0.5, 0.6) is 0 Å². The van der Waals surface area contributed by atoms with Gasteiger partial charge in [0, 0.05) is 11.8 Å². The summed E-state index contributed by atoms with van der Waals surface area (Å²) in [5.74, 6) is 0.816. The van der Waals surface area contributed by atoms with Gasteiger partial charge in [0.15, 0.2) is 0 Å². The molecule has 0 aliphatic carbocycles. The lowest BCUT2D eigenvalue weighted by atomic mass is 9.99. The number of halogens is 1. The molecule has 0 aliphatic heterocycles. The second kappa shape index (κ2) is 21.0. The zero-order chi connectivity index (χ0) is 17.7. The smallest absolute Gasteiger partial charge is 0.123 e. The molecule has 0 saturated heterocycles. The number of carbonyl (C=O) groups excluding carboxylic acids is 1. The molecule has 0 rings (SSSR count). The molecule has 2 heteroatoms. The van der Waals surface area contributed by atoms with Crippen molar-refractivity contribution in [3.63, 3.8) is 0 Å². The number of hydrogen-bond acceptors (Lipinski definition) is 1. The number of alkyl halides is 1. The van der Waals surface area contributed by atoms with Gasteiger partial charge in [-0.2, -0.15) is 0 Å². The number of carbonyl (C=O) groups is 1. The van der Waals surface area contributed by atoms with Crippen molar-refractivity contribution in [1.29, 1.82) is 0 Å². The van der Waals surface area contributed by atoms with E-state index in [0.29, 0.717) is 5.88 Å². The molecule has 0 aliphatic rings. The molecule has 0 fully saturated rings. The minimum atomic E-state index is 0.203. The Morgan fingerprint density at radius 1 is 0.625 bits per heavy atom. The molecule has 0 aromatic rings. The first kappa shape index (κ1) is 24.0. The van der Waals surface area contributed by atoms with Crippen LogP contribution in [0.2, 0.25) is 0 Å². The van der Waals surface area contributed by atoms with E-state index >= 15 is 0 Å². The molecule has 0 N–H and O–H groups in total. The molecule has 1 atom stereocenters. The van der Waals surface area contributed by atoms with Crippen LogP contribution < -0.4 is 0 Å². The molecule has 24 heavy (non-hydrogen) atoms. The fourth-order valence-corrected chi connectivity index (χ4v) is 3.66. The lowest BCUT2D eigenvalue weighted by Crippen LogP contribution is -2.02. The fraction of sp³-hybridized carbons (Fsp3) is 0.955. The van der Waals surface area contributed by atoms with E-state index in [2.05, 4.69) is 6.92 Å². The summed E-state index contributed by atoms with van der Waals surface area (Å²) in [6.07, 6.45) is 25.3. The van der Waals surface area contributed by atoms with Gasteiger partial charge in [-0.3, -0.25) is 0 Å². The van der Waals surface area contributed by atoms with Crippen molar-refractivity contribution < 1.29 is 4.79 Å². The summed E-state index contributed by atoms with van der Waals surface area (Å²) < 4.78 is 0. The van der Waals surface area contributed by atoms with Crippen LogP contribution in [0.3, 0.4) is 0 Å². The van der Waals surface area contributed by atoms with Crippen molar-refractivity contribution in [3.8, 4) is 0 Å². The third-order valence-electron chi connectivity index (χ3n) is 5.10. The number of unbranched alkanes of at least 4 members (excludes halogenated alkanes) is 15. The standard InChI is InChI=1S/C22H43ClO/c1-2-3-4-5-6-7-8-9-10-11-12-13-14-15-16-17-18-22(21-24)19-20-23/h21-22H,2-20H2,1H3. The van der Waals surface area contributed by atoms with Crippen LogP contribution in [-0.2, 0) is 4.79 Å². The van der Waals surface area contributed by atoms with Gasteiger partial charge in [-0.1, -0.05) is 110 Å². The summed E-state index contributed by atoms with van der Waals surface area (Å²) in [5, 5.41) is 0. The minimum absolute atomic E-state index is 0.203. The molecule has 0 spiro atoms. The topological polar surface area (TPSA) is 17.1 Å². The molecule has 144 valence electrons. The Kier molecular flexibility index (Phi) is 21.0.